The third-order valence-corrected chi connectivity index (χ3v) is 9.13. The molecule has 0 radical (unpaired) electrons. The van der Waals surface area contributed by atoms with Crippen LogP contribution in [0.5, 0.6) is 5.75 Å². The standard InChI is InChI=1S/C35H41N3O6/c1-22-4-2-3-5-26(22)19-38-20-27-17-30(38)35(42)36-18-33-31(40)13-11-28(44-33)14-15-43-32-16-25(10-12-29(32)34(41)37-27)24-8-6-23(21-39)7-9-24/h2-10,12,16,27-28,30-31,33,39-40H,11,13-15,17-21H2,1H3,(H,36,42)(H,37,41)/t27-,28-,30-,31-,33+/m0/s1. The van der Waals surface area contributed by atoms with E-state index in [2.05, 4.69) is 34.6 Å². The van der Waals surface area contributed by atoms with Crippen LogP contribution in [0.1, 0.15) is 52.7 Å². The van der Waals surface area contributed by atoms with E-state index in [1.54, 1.807) is 6.07 Å². The van der Waals surface area contributed by atoms with E-state index in [4.69, 9.17) is 9.47 Å². The molecular formula is C35H41N3O6. The number of benzene rings is 3. The van der Waals surface area contributed by atoms with Gasteiger partial charge >= 0.3 is 0 Å². The molecule has 2 saturated heterocycles. The maximum absolute atomic E-state index is 13.7. The van der Waals surface area contributed by atoms with E-state index < -0.39 is 18.2 Å². The molecule has 232 valence electrons. The minimum absolute atomic E-state index is 0.0268. The Hall–Kier alpha value is -3.76. The van der Waals surface area contributed by atoms with E-state index in [0.717, 1.165) is 27.8 Å². The molecule has 2 amide bonds. The molecule has 0 saturated carbocycles. The largest absolute Gasteiger partial charge is 0.493 e. The van der Waals surface area contributed by atoms with Gasteiger partial charge in [0, 0.05) is 32.1 Å². The zero-order chi connectivity index (χ0) is 30.6. The Bertz CT molecular complexity index is 1480. The topological polar surface area (TPSA) is 120 Å². The lowest BCUT2D eigenvalue weighted by Crippen LogP contribution is -2.50. The molecule has 3 aliphatic heterocycles. The zero-order valence-electron chi connectivity index (χ0n) is 25.1. The van der Waals surface area contributed by atoms with Gasteiger partial charge in [-0.2, -0.15) is 0 Å². The number of amides is 2. The van der Waals surface area contributed by atoms with Gasteiger partial charge in [0.1, 0.15) is 11.9 Å². The molecule has 0 unspecified atom stereocenters. The predicted octanol–water partition coefficient (Wildman–Crippen LogP) is 3.33. The van der Waals surface area contributed by atoms with Gasteiger partial charge in [0.25, 0.3) is 5.91 Å². The number of carbonyl (C=O) groups is 2. The van der Waals surface area contributed by atoms with E-state index >= 15 is 0 Å². The van der Waals surface area contributed by atoms with Crippen molar-refractivity contribution in [2.75, 3.05) is 19.7 Å². The second kappa shape index (κ2) is 13.5. The van der Waals surface area contributed by atoms with Crippen LogP contribution in [0, 0.1) is 6.92 Å². The van der Waals surface area contributed by atoms with Crippen molar-refractivity contribution >= 4 is 11.8 Å². The van der Waals surface area contributed by atoms with E-state index in [1.807, 2.05) is 48.5 Å². The first-order chi connectivity index (χ1) is 21.4. The van der Waals surface area contributed by atoms with Crippen molar-refractivity contribution in [1.29, 1.82) is 0 Å². The highest BCUT2D eigenvalue weighted by atomic mass is 16.5. The minimum atomic E-state index is -0.648. The van der Waals surface area contributed by atoms with Gasteiger partial charge in [0.15, 0.2) is 0 Å². The van der Waals surface area contributed by atoms with Crippen LogP contribution < -0.4 is 15.4 Å². The number of aliphatic hydroxyl groups is 2. The number of hydrogen-bond acceptors (Lipinski definition) is 7. The number of fused-ring (bicyclic) bond motifs is 5. The van der Waals surface area contributed by atoms with Crippen LogP contribution in [0.3, 0.4) is 0 Å². The van der Waals surface area contributed by atoms with Gasteiger partial charge in [-0.1, -0.05) is 54.6 Å². The van der Waals surface area contributed by atoms with Crippen molar-refractivity contribution in [3.8, 4) is 16.9 Å². The number of likely N-dealkylation sites (tertiary alicyclic amines) is 1. The second-order valence-corrected chi connectivity index (χ2v) is 12.2. The number of carbonyl (C=O) groups excluding carboxylic acids is 2. The Kier molecular flexibility index (Phi) is 9.28. The van der Waals surface area contributed by atoms with Crippen molar-refractivity contribution in [3.63, 3.8) is 0 Å². The lowest BCUT2D eigenvalue weighted by molar-refractivity contribution is -0.133. The number of rotatable bonds is 4. The molecule has 2 fully saturated rings. The number of aliphatic hydroxyl groups excluding tert-OH is 2. The van der Waals surface area contributed by atoms with E-state index in [9.17, 15) is 19.8 Å². The second-order valence-electron chi connectivity index (χ2n) is 12.2. The molecule has 4 bridgehead atoms. The molecule has 4 N–H and O–H groups in total. The number of nitrogens with zero attached hydrogens (tertiary/aromatic N) is 1. The average molecular weight is 600 g/mol. The summed E-state index contributed by atoms with van der Waals surface area (Å²) in [6.07, 6.45) is 1.05. The summed E-state index contributed by atoms with van der Waals surface area (Å²) in [4.78, 5) is 29.4. The molecule has 0 spiro atoms. The molecule has 3 heterocycles. The van der Waals surface area contributed by atoms with Crippen LogP contribution >= 0.6 is 0 Å². The number of ether oxygens (including phenoxy) is 2. The molecule has 3 aliphatic rings. The molecule has 6 rings (SSSR count). The summed E-state index contributed by atoms with van der Waals surface area (Å²) in [7, 11) is 0. The van der Waals surface area contributed by atoms with Crippen LogP contribution in [0.4, 0.5) is 0 Å². The Morgan fingerprint density at radius 3 is 2.57 bits per heavy atom. The lowest BCUT2D eigenvalue weighted by Gasteiger charge is -2.34. The first kappa shape index (κ1) is 30.3. The number of aryl methyl sites for hydroxylation is 1. The monoisotopic (exact) mass is 599 g/mol. The quantitative estimate of drug-likeness (QED) is 0.363. The van der Waals surface area contributed by atoms with Gasteiger partial charge in [-0.05, 0) is 66.1 Å². The summed E-state index contributed by atoms with van der Waals surface area (Å²) >= 11 is 0. The van der Waals surface area contributed by atoms with Gasteiger partial charge in [-0.3, -0.25) is 14.5 Å². The molecule has 3 aromatic rings. The summed E-state index contributed by atoms with van der Waals surface area (Å²) in [5.41, 5.74) is 5.39. The van der Waals surface area contributed by atoms with Crippen LogP contribution in [0.2, 0.25) is 0 Å². The van der Waals surface area contributed by atoms with Crippen LogP contribution in [-0.2, 0) is 22.7 Å². The average Bonchev–Trinajstić information content (AvgIpc) is 3.43. The van der Waals surface area contributed by atoms with Crippen molar-refractivity contribution in [1.82, 2.24) is 15.5 Å². The summed E-state index contributed by atoms with van der Waals surface area (Å²) in [5.74, 6) is 0.115. The van der Waals surface area contributed by atoms with Crippen LogP contribution in [-0.4, -0.2) is 77.0 Å². The minimum Gasteiger partial charge on any atom is -0.493 e. The van der Waals surface area contributed by atoms with Crippen LogP contribution in [0.15, 0.2) is 66.7 Å². The first-order valence-corrected chi connectivity index (χ1v) is 15.6. The van der Waals surface area contributed by atoms with Gasteiger partial charge in [0.05, 0.1) is 37.0 Å². The van der Waals surface area contributed by atoms with E-state index in [-0.39, 0.29) is 37.1 Å². The van der Waals surface area contributed by atoms with Gasteiger partial charge < -0.3 is 30.3 Å². The zero-order valence-corrected chi connectivity index (χ0v) is 25.1. The summed E-state index contributed by atoms with van der Waals surface area (Å²) < 4.78 is 12.5. The predicted molar refractivity (Wildman–Crippen MR) is 166 cm³/mol. The Morgan fingerprint density at radius 2 is 1.77 bits per heavy atom. The molecular weight excluding hydrogens is 558 g/mol. The molecule has 0 aromatic heterocycles. The highest BCUT2D eigenvalue weighted by molar-refractivity contribution is 5.98. The normalized spacial score (nSPS) is 26.3. The third-order valence-electron chi connectivity index (χ3n) is 9.13. The Morgan fingerprint density at radius 1 is 0.977 bits per heavy atom. The lowest BCUT2D eigenvalue weighted by atomic mass is 9.99. The van der Waals surface area contributed by atoms with Gasteiger partial charge in [-0.15, -0.1) is 0 Å². The maximum atomic E-state index is 13.7. The Balaban J connectivity index is 1.29. The van der Waals surface area contributed by atoms with Crippen LogP contribution in [0.25, 0.3) is 11.1 Å². The van der Waals surface area contributed by atoms with Crippen molar-refractivity contribution in [2.45, 2.75) is 76.2 Å². The van der Waals surface area contributed by atoms with Crippen molar-refractivity contribution in [3.05, 3.63) is 89.0 Å². The Labute approximate surface area is 258 Å². The van der Waals surface area contributed by atoms with E-state index in [1.165, 1.54) is 0 Å². The highest BCUT2D eigenvalue weighted by Crippen LogP contribution is 2.30. The van der Waals surface area contributed by atoms with E-state index in [0.29, 0.717) is 56.7 Å². The number of nitrogens with one attached hydrogen (secondary N) is 2. The number of hydrogen-bond donors (Lipinski definition) is 4. The SMILES string of the molecule is Cc1ccccc1CN1C[C@@H]2C[C@H]1C(=O)NC[C@H]1O[C@H](CCOc3cc(-c4ccc(CO)cc4)ccc3C(=O)N2)CC[C@@H]1O. The highest BCUT2D eigenvalue weighted by Gasteiger charge is 2.39. The fourth-order valence-corrected chi connectivity index (χ4v) is 6.50. The molecule has 5 atom stereocenters. The smallest absolute Gasteiger partial charge is 0.255 e. The van der Waals surface area contributed by atoms with Gasteiger partial charge in [0.2, 0.25) is 5.91 Å². The fraction of sp³-hybridized carbons (Fsp3) is 0.429. The fourth-order valence-electron chi connectivity index (χ4n) is 6.50. The van der Waals surface area contributed by atoms with Crippen molar-refractivity contribution < 1.29 is 29.3 Å². The molecule has 44 heavy (non-hydrogen) atoms. The molecule has 9 nitrogen and oxygen atoms in total. The third kappa shape index (κ3) is 6.81. The van der Waals surface area contributed by atoms with Crippen molar-refractivity contribution in [2.24, 2.45) is 0 Å². The maximum Gasteiger partial charge on any atom is 0.255 e. The first-order valence-electron chi connectivity index (χ1n) is 15.6. The van der Waals surface area contributed by atoms with Gasteiger partial charge in [-0.25, -0.2) is 0 Å². The summed E-state index contributed by atoms with van der Waals surface area (Å²) in [6.45, 7) is 3.70. The summed E-state index contributed by atoms with van der Waals surface area (Å²) in [6, 6.07) is 20.7. The molecule has 3 aromatic carbocycles. The summed E-state index contributed by atoms with van der Waals surface area (Å²) in [5, 5.41) is 26.3. The molecule has 9 heteroatoms. The molecule has 0 aliphatic carbocycles.